The summed E-state index contributed by atoms with van der Waals surface area (Å²) in [5, 5.41) is 10.2. The minimum atomic E-state index is -4.42. The van der Waals surface area contributed by atoms with Crippen molar-refractivity contribution in [1.82, 2.24) is 0 Å². The summed E-state index contributed by atoms with van der Waals surface area (Å²) in [5.74, 6) is -0.0747. The summed E-state index contributed by atoms with van der Waals surface area (Å²) in [6.07, 6.45) is -3.81. The molecule has 110 valence electrons. The smallest absolute Gasteiger partial charge is 0.393 e. The van der Waals surface area contributed by atoms with E-state index in [2.05, 4.69) is 0 Å². The van der Waals surface area contributed by atoms with Gasteiger partial charge in [0.25, 0.3) is 0 Å². The molecule has 0 fully saturated rings. The molecule has 0 saturated heterocycles. The van der Waals surface area contributed by atoms with Crippen molar-refractivity contribution in [3.63, 3.8) is 0 Å². The maximum Gasteiger partial charge on any atom is 0.393 e. The molecule has 0 aliphatic heterocycles. The van der Waals surface area contributed by atoms with Crippen LogP contribution >= 0.6 is 0 Å². The van der Waals surface area contributed by atoms with Gasteiger partial charge in [0.15, 0.2) is 0 Å². The zero-order valence-electron chi connectivity index (χ0n) is 10.7. The summed E-state index contributed by atoms with van der Waals surface area (Å²) in [4.78, 5) is 9.57. The van der Waals surface area contributed by atoms with Gasteiger partial charge in [0, 0.05) is 11.6 Å². The monoisotopic (exact) mass is 291 g/mol. The Morgan fingerprint density at radius 2 is 1.75 bits per heavy atom. The number of alkyl halides is 3. The van der Waals surface area contributed by atoms with Crippen LogP contribution in [0.15, 0.2) is 18.3 Å². The van der Waals surface area contributed by atoms with Crippen LogP contribution in [0.1, 0.15) is 11.1 Å². The molecule has 0 unspecified atom stereocenters. The highest BCUT2D eigenvalue weighted by Crippen LogP contribution is 2.36. The van der Waals surface area contributed by atoms with E-state index in [1.165, 1.54) is 26.4 Å². The third kappa shape index (κ3) is 4.45. The molecule has 1 rings (SSSR count). The normalized spacial score (nSPS) is 11.7. The standard InChI is InChI=1S/C12H12F3NO4/c1-19-10-5-8(3-4-16(17)18)6-11(20-2)9(10)7-12(13,14)15/h3-6H,7H2,1-2H3. The lowest BCUT2D eigenvalue weighted by Gasteiger charge is -2.15. The van der Waals surface area contributed by atoms with Crippen LogP contribution in [0.2, 0.25) is 0 Å². The molecule has 0 heterocycles. The first-order chi connectivity index (χ1) is 9.26. The first-order valence-corrected chi connectivity index (χ1v) is 5.40. The van der Waals surface area contributed by atoms with Crippen molar-refractivity contribution in [2.24, 2.45) is 0 Å². The molecule has 1 aromatic carbocycles. The highest BCUT2D eigenvalue weighted by molar-refractivity contribution is 5.58. The van der Waals surface area contributed by atoms with E-state index < -0.39 is 17.5 Å². The molecule has 1 aromatic rings. The van der Waals surface area contributed by atoms with Gasteiger partial charge in [0.1, 0.15) is 11.5 Å². The van der Waals surface area contributed by atoms with Gasteiger partial charge in [-0.3, -0.25) is 10.1 Å². The second-order valence-electron chi connectivity index (χ2n) is 3.80. The van der Waals surface area contributed by atoms with Crippen molar-refractivity contribution in [3.8, 4) is 11.5 Å². The van der Waals surface area contributed by atoms with Crippen LogP contribution in [0.3, 0.4) is 0 Å². The molecule has 0 saturated carbocycles. The number of hydrogen-bond donors (Lipinski definition) is 0. The number of hydrogen-bond acceptors (Lipinski definition) is 4. The molecule has 0 aromatic heterocycles. The first kappa shape index (κ1) is 15.8. The summed E-state index contributed by atoms with van der Waals surface area (Å²) in [7, 11) is 2.44. The number of ether oxygens (including phenoxy) is 2. The van der Waals surface area contributed by atoms with Gasteiger partial charge in [-0.15, -0.1) is 0 Å². The molecule has 20 heavy (non-hydrogen) atoms. The second-order valence-corrected chi connectivity index (χ2v) is 3.80. The molecule has 0 aliphatic carbocycles. The molecule has 0 bridgehead atoms. The number of methoxy groups -OCH3 is 2. The van der Waals surface area contributed by atoms with E-state index in [0.717, 1.165) is 6.08 Å². The molecule has 0 amide bonds. The van der Waals surface area contributed by atoms with Gasteiger partial charge in [0.2, 0.25) is 6.20 Å². The average molecular weight is 291 g/mol. The van der Waals surface area contributed by atoms with E-state index in [1.54, 1.807) is 0 Å². The number of nitro groups is 1. The van der Waals surface area contributed by atoms with Gasteiger partial charge in [-0.1, -0.05) is 0 Å². The third-order valence-electron chi connectivity index (χ3n) is 2.40. The van der Waals surface area contributed by atoms with Crippen molar-refractivity contribution in [3.05, 3.63) is 39.6 Å². The molecule has 0 spiro atoms. The Bertz CT molecular complexity index is 501. The molecule has 0 N–H and O–H groups in total. The quantitative estimate of drug-likeness (QED) is 0.618. The van der Waals surface area contributed by atoms with Crippen molar-refractivity contribution in [2.45, 2.75) is 12.6 Å². The fourth-order valence-electron chi connectivity index (χ4n) is 1.62. The van der Waals surface area contributed by atoms with Crippen LogP contribution in [0, 0.1) is 10.1 Å². The van der Waals surface area contributed by atoms with Crippen molar-refractivity contribution in [1.29, 1.82) is 0 Å². The molecular weight excluding hydrogens is 279 g/mol. The molecule has 0 radical (unpaired) electrons. The number of nitrogens with zero attached hydrogens (tertiary/aromatic N) is 1. The summed E-state index contributed by atoms with van der Waals surface area (Å²) < 4.78 is 47.3. The lowest BCUT2D eigenvalue weighted by Crippen LogP contribution is -2.13. The van der Waals surface area contributed by atoms with E-state index in [9.17, 15) is 23.3 Å². The van der Waals surface area contributed by atoms with Crippen molar-refractivity contribution < 1.29 is 27.6 Å². The van der Waals surface area contributed by atoms with Gasteiger partial charge in [-0.2, -0.15) is 13.2 Å². The van der Waals surface area contributed by atoms with Crippen LogP contribution < -0.4 is 9.47 Å². The fraction of sp³-hybridized carbons (Fsp3) is 0.333. The van der Waals surface area contributed by atoms with Crippen LogP contribution in [0.4, 0.5) is 13.2 Å². The van der Waals surface area contributed by atoms with E-state index in [1.807, 2.05) is 0 Å². The zero-order chi connectivity index (χ0) is 15.3. The Hall–Kier alpha value is -2.25. The highest BCUT2D eigenvalue weighted by Gasteiger charge is 2.31. The predicted octanol–water partition coefficient (Wildman–Crippen LogP) is 3.06. The summed E-state index contributed by atoms with van der Waals surface area (Å²) >= 11 is 0. The van der Waals surface area contributed by atoms with Crippen molar-refractivity contribution in [2.75, 3.05) is 14.2 Å². The fourth-order valence-corrected chi connectivity index (χ4v) is 1.62. The maximum absolute atomic E-state index is 12.5. The summed E-state index contributed by atoms with van der Waals surface area (Å²) in [6.45, 7) is 0. The lowest BCUT2D eigenvalue weighted by atomic mass is 10.1. The van der Waals surface area contributed by atoms with Crippen LogP contribution in [0.25, 0.3) is 6.08 Å². The number of halogens is 3. The minimum Gasteiger partial charge on any atom is -0.496 e. The van der Waals surface area contributed by atoms with Crippen LogP contribution in [-0.4, -0.2) is 25.3 Å². The van der Waals surface area contributed by atoms with Gasteiger partial charge in [0.05, 0.1) is 25.6 Å². The maximum atomic E-state index is 12.5. The Kier molecular flexibility index (Phi) is 4.95. The molecular formula is C12H12F3NO4. The largest absolute Gasteiger partial charge is 0.496 e. The molecule has 8 heteroatoms. The lowest BCUT2D eigenvalue weighted by molar-refractivity contribution is -0.400. The van der Waals surface area contributed by atoms with Gasteiger partial charge in [-0.25, -0.2) is 0 Å². The molecule has 0 aliphatic rings. The SMILES string of the molecule is COc1cc(C=C[N+](=O)[O-])cc(OC)c1CC(F)(F)F. The van der Waals surface area contributed by atoms with Crippen LogP contribution in [-0.2, 0) is 6.42 Å². The Morgan fingerprint density at radius 3 is 2.10 bits per heavy atom. The number of benzene rings is 1. The first-order valence-electron chi connectivity index (χ1n) is 5.40. The zero-order valence-corrected chi connectivity index (χ0v) is 10.7. The average Bonchev–Trinajstić information content (AvgIpc) is 2.35. The van der Waals surface area contributed by atoms with E-state index in [0.29, 0.717) is 11.8 Å². The molecule has 0 atom stereocenters. The van der Waals surface area contributed by atoms with Gasteiger partial charge in [-0.05, 0) is 17.7 Å². The second kappa shape index (κ2) is 6.27. The Balaban J connectivity index is 3.28. The van der Waals surface area contributed by atoms with Crippen LogP contribution in [0.5, 0.6) is 11.5 Å². The Labute approximate surface area is 112 Å². The van der Waals surface area contributed by atoms with Crippen molar-refractivity contribution >= 4 is 6.08 Å². The van der Waals surface area contributed by atoms with E-state index in [4.69, 9.17) is 9.47 Å². The summed E-state index contributed by atoms with van der Waals surface area (Å²) in [5.41, 5.74) is 0.155. The van der Waals surface area contributed by atoms with E-state index >= 15 is 0 Å². The van der Waals surface area contributed by atoms with Gasteiger partial charge < -0.3 is 9.47 Å². The highest BCUT2D eigenvalue weighted by atomic mass is 19.4. The third-order valence-corrected chi connectivity index (χ3v) is 2.40. The topological polar surface area (TPSA) is 61.6 Å². The van der Waals surface area contributed by atoms with Gasteiger partial charge >= 0.3 is 6.18 Å². The molecule has 5 nitrogen and oxygen atoms in total. The Morgan fingerprint density at radius 1 is 1.25 bits per heavy atom. The predicted molar refractivity (Wildman–Crippen MR) is 65.3 cm³/mol. The minimum absolute atomic E-state index is 0.0373. The van der Waals surface area contributed by atoms with E-state index in [-0.39, 0.29) is 17.1 Å². The number of rotatable bonds is 5. The summed E-state index contributed by atoms with van der Waals surface area (Å²) in [6, 6.07) is 2.56.